The number of unbranched alkanes of at least 4 members (excludes halogenated alkanes) is 7. The molecule has 0 N–H and O–H groups in total. The molecule has 0 aromatic carbocycles. The Kier molecular flexibility index (Phi) is 8.20. The highest BCUT2D eigenvalue weighted by Gasteiger charge is 2.50. The summed E-state index contributed by atoms with van der Waals surface area (Å²) in [5.74, 6) is 2.16. The molecule has 1 heterocycles. The molecule has 1 aliphatic heterocycles. The molecule has 0 saturated carbocycles. The van der Waals surface area contributed by atoms with Gasteiger partial charge in [-0.15, -0.1) is 0 Å². The molecule has 0 amide bonds. The van der Waals surface area contributed by atoms with Crippen LogP contribution in [0.3, 0.4) is 0 Å². The van der Waals surface area contributed by atoms with Crippen LogP contribution in [0.25, 0.3) is 0 Å². The van der Waals surface area contributed by atoms with Gasteiger partial charge in [-0.25, -0.2) is 0 Å². The van der Waals surface area contributed by atoms with E-state index in [2.05, 4.69) is 47.5 Å². The van der Waals surface area contributed by atoms with E-state index >= 15 is 0 Å². The van der Waals surface area contributed by atoms with Gasteiger partial charge in [0.05, 0.1) is 11.2 Å². The maximum atomic E-state index is 6.02. The minimum absolute atomic E-state index is 0.181. The summed E-state index contributed by atoms with van der Waals surface area (Å²) in [5, 5.41) is 0. The van der Waals surface area contributed by atoms with Crippen molar-refractivity contribution < 1.29 is 9.31 Å². The third kappa shape index (κ3) is 6.46. The Morgan fingerprint density at radius 3 is 1.77 bits per heavy atom. The molecule has 22 heavy (non-hydrogen) atoms. The summed E-state index contributed by atoms with van der Waals surface area (Å²) in [5.41, 5.74) is 0.935. The van der Waals surface area contributed by atoms with Crippen LogP contribution in [-0.4, -0.2) is 18.3 Å². The van der Waals surface area contributed by atoms with Gasteiger partial charge in [0.15, 0.2) is 0 Å². The number of hydrogen-bond donors (Lipinski definition) is 0. The van der Waals surface area contributed by atoms with Gasteiger partial charge in [-0.3, -0.25) is 0 Å². The molecule has 3 heteroatoms. The molecule has 128 valence electrons. The molecule has 0 bridgehead atoms. The van der Waals surface area contributed by atoms with E-state index in [1.165, 1.54) is 63.4 Å². The molecular formula is C19H37BO2. The summed E-state index contributed by atoms with van der Waals surface area (Å²) < 4.78 is 12.0. The Hall–Kier alpha value is -0.275. The van der Waals surface area contributed by atoms with Crippen molar-refractivity contribution in [2.24, 2.45) is 0 Å². The monoisotopic (exact) mass is 308 g/mol. The lowest BCUT2D eigenvalue weighted by Gasteiger charge is -2.32. The van der Waals surface area contributed by atoms with E-state index in [-0.39, 0.29) is 18.3 Å². The predicted molar refractivity (Wildman–Crippen MR) is 97.1 cm³/mol. The Labute approximate surface area is 139 Å². The number of rotatable bonds is 10. The van der Waals surface area contributed by atoms with E-state index in [4.69, 9.17) is 9.31 Å². The first-order chi connectivity index (χ1) is 10.3. The molecule has 0 aliphatic carbocycles. The second-order valence-electron chi connectivity index (χ2n) is 7.86. The SMILES string of the molecule is CCCCCCCCCC/C(C)=C\B1OC(C)(C)C(C)(C)O1. The van der Waals surface area contributed by atoms with E-state index in [1.807, 2.05) is 0 Å². The van der Waals surface area contributed by atoms with Crippen LogP contribution in [0.15, 0.2) is 11.5 Å². The average Bonchev–Trinajstić information content (AvgIpc) is 2.60. The maximum Gasteiger partial charge on any atom is 0.487 e. The van der Waals surface area contributed by atoms with E-state index in [1.54, 1.807) is 0 Å². The van der Waals surface area contributed by atoms with E-state index in [9.17, 15) is 0 Å². The van der Waals surface area contributed by atoms with Crippen molar-refractivity contribution in [3.63, 3.8) is 0 Å². The molecular weight excluding hydrogens is 271 g/mol. The van der Waals surface area contributed by atoms with Crippen molar-refractivity contribution in [3.05, 3.63) is 11.5 Å². The summed E-state index contributed by atoms with van der Waals surface area (Å²) in [6.07, 6.45) is 12.1. The van der Waals surface area contributed by atoms with Crippen molar-refractivity contribution in [2.75, 3.05) is 0 Å². The lowest BCUT2D eigenvalue weighted by molar-refractivity contribution is 0.00578. The second kappa shape index (κ2) is 9.13. The Balaban J connectivity index is 2.17. The quantitative estimate of drug-likeness (QED) is 0.359. The molecule has 1 rings (SSSR count). The Morgan fingerprint density at radius 2 is 1.27 bits per heavy atom. The molecule has 1 aliphatic rings. The van der Waals surface area contributed by atoms with Crippen LogP contribution in [0.5, 0.6) is 0 Å². The van der Waals surface area contributed by atoms with Crippen LogP contribution in [0.4, 0.5) is 0 Å². The van der Waals surface area contributed by atoms with Gasteiger partial charge < -0.3 is 9.31 Å². The highest BCUT2D eigenvalue weighted by Crippen LogP contribution is 2.37. The molecule has 0 atom stereocenters. The van der Waals surface area contributed by atoms with Gasteiger partial charge >= 0.3 is 7.12 Å². The van der Waals surface area contributed by atoms with Gasteiger partial charge in [0.2, 0.25) is 0 Å². The standard InChI is InChI=1S/C19H37BO2/c1-7-8-9-10-11-12-13-14-15-17(2)16-20-21-18(3,4)19(5,6)22-20/h16H,7-15H2,1-6H3/b17-16-. The molecule has 0 spiro atoms. The molecule has 2 nitrogen and oxygen atoms in total. The molecule has 1 fully saturated rings. The fourth-order valence-corrected chi connectivity index (χ4v) is 2.81. The van der Waals surface area contributed by atoms with Crippen LogP contribution < -0.4 is 0 Å². The fourth-order valence-electron chi connectivity index (χ4n) is 2.81. The molecule has 0 radical (unpaired) electrons. The van der Waals surface area contributed by atoms with Gasteiger partial charge in [0, 0.05) is 0 Å². The smallest absolute Gasteiger partial charge is 0.400 e. The van der Waals surface area contributed by atoms with Crippen LogP contribution in [0, 0.1) is 0 Å². The first kappa shape index (κ1) is 19.8. The number of allylic oxidation sites excluding steroid dienone is 1. The summed E-state index contributed by atoms with van der Waals surface area (Å²) in [7, 11) is -0.181. The van der Waals surface area contributed by atoms with E-state index < -0.39 is 0 Å². The lowest BCUT2D eigenvalue weighted by Crippen LogP contribution is -2.41. The normalized spacial score (nSPS) is 20.6. The van der Waals surface area contributed by atoms with Crippen LogP contribution in [-0.2, 0) is 9.31 Å². The number of hydrogen-bond acceptors (Lipinski definition) is 2. The fraction of sp³-hybridized carbons (Fsp3) is 0.895. The first-order valence-corrected chi connectivity index (χ1v) is 9.31. The second-order valence-corrected chi connectivity index (χ2v) is 7.86. The van der Waals surface area contributed by atoms with Crippen LogP contribution in [0.1, 0.15) is 99.3 Å². The van der Waals surface area contributed by atoms with Crippen molar-refractivity contribution in [1.29, 1.82) is 0 Å². The van der Waals surface area contributed by atoms with Crippen LogP contribution in [0.2, 0.25) is 0 Å². The predicted octanol–water partition coefficient (Wildman–Crippen LogP) is 6.09. The summed E-state index contributed by atoms with van der Waals surface area (Å²) >= 11 is 0. The third-order valence-corrected chi connectivity index (χ3v) is 5.12. The van der Waals surface area contributed by atoms with Crippen molar-refractivity contribution in [1.82, 2.24) is 0 Å². The van der Waals surface area contributed by atoms with Gasteiger partial charge in [0.1, 0.15) is 0 Å². The maximum absolute atomic E-state index is 6.02. The van der Waals surface area contributed by atoms with Gasteiger partial charge in [0.25, 0.3) is 0 Å². The molecule has 0 aromatic rings. The molecule has 1 saturated heterocycles. The Morgan fingerprint density at radius 1 is 0.818 bits per heavy atom. The minimum Gasteiger partial charge on any atom is -0.400 e. The van der Waals surface area contributed by atoms with Gasteiger partial charge in [-0.2, -0.15) is 0 Å². The average molecular weight is 308 g/mol. The highest BCUT2D eigenvalue weighted by atomic mass is 16.7. The zero-order valence-corrected chi connectivity index (χ0v) is 15.8. The zero-order chi connectivity index (χ0) is 16.6. The van der Waals surface area contributed by atoms with Crippen molar-refractivity contribution >= 4 is 7.12 Å². The van der Waals surface area contributed by atoms with Gasteiger partial charge in [-0.05, 0) is 47.5 Å². The molecule has 0 aromatic heterocycles. The largest absolute Gasteiger partial charge is 0.487 e. The van der Waals surface area contributed by atoms with Crippen LogP contribution >= 0.6 is 0 Å². The first-order valence-electron chi connectivity index (χ1n) is 9.31. The van der Waals surface area contributed by atoms with Crippen molar-refractivity contribution in [3.8, 4) is 0 Å². The molecule has 0 unspecified atom stereocenters. The summed E-state index contributed by atoms with van der Waals surface area (Å²) in [6, 6.07) is 0. The van der Waals surface area contributed by atoms with E-state index in [0.717, 1.165) is 0 Å². The summed E-state index contributed by atoms with van der Waals surface area (Å²) in [6.45, 7) is 12.9. The Bertz CT molecular complexity index is 331. The lowest BCUT2D eigenvalue weighted by atomic mass is 9.86. The van der Waals surface area contributed by atoms with Crippen molar-refractivity contribution in [2.45, 2.75) is 111 Å². The summed E-state index contributed by atoms with van der Waals surface area (Å²) in [4.78, 5) is 0. The minimum atomic E-state index is -0.229. The topological polar surface area (TPSA) is 18.5 Å². The van der Waals surface area contributed by atoms with E-state index in [0.29, 0.717) is 0 Å². The zero-order valence-electron chi connectivity index (χ0n) is 15.8. The highest BCUT2D eigenvalue weighted by molar-refractivity contribution is 6.51. The van der Waals surface area contributed by atoms with Gasteiger partial charge in [-0.1, -0.05) is 63.4 Å². The third-order valence-electron chi connectivity index (χ3n) is 5.12.